The van der Waals surface area contributed by atoms with Gasteiger partial charge in [-0.15, -0.1) is 0 Å². The summed E-state index contributed by atoms with van der Waals surface area (Å²) in [4.78, 5) is 24.2. The summed E-state index contributed by atoms with van der Waals surface area (Å²) in [6, 6.07) is 24.3. The largest absolute Gasteiger partial charge is 0.480 e. The Kier molecular flexibility index (Phi) is 6.11. The first-order valence-corrected chi connectivity index (χ1v) is 10.2. The van der Waals surface area contributed by atoms with Crippen LogP contribution in [0.4, 0.5) is 0 Å². The first-order valence-electron chi connectivity index (χ1n) is 10.2. The summed E-state index contributed by atoms with van der Waals surface area (Å²) in [6.45, 7) is 0.138. The summed E-state index contributed by atoms with van der Waals surface area (Å²) in [5.41, 5.74) is 11.2. The number of aliphatic carboxylic acids is 1. The molecule has 3 aromatic rings. The van der Waals surface area contributed by atoms with Gasteiger partial charge in [0, 0.05) is 5.92 Å². The number of nitrogens with one attached hydrogen (secondary N) is 1. The van der Waals surface area contributed by atoms with Gasteiger partial charge < -0.3 is 15.6 Å². The second-order valence-corrected chi connectivity index (χ2v) is 7.58. The van der Waals surface area contributed by atoms with Gasteiger partial charge in [-0.05, 0) is 34.2 Å². The van der Waals surface area contributed by atoms with Crippen LogP contribution in [0.25, 0.3) is 11.1 Å². The Balaban J connectivity index is 1.41. The number of carbonyl (C=O) groups excluding carboxylic acids is 1. The number of carboxylic acid groups (broad SMARTS) is 1. The van der Waals surface area contributed by atoms with Gasteiger partial charge in [0.25, 0.3) is 0 Å². The molecule has 1 aliphatic carbocycles. The molecule has 6 heteroatoms. The average Bonchev–Trinajstić information content (AvgIpc) is 3.11. The molecule has 4 rings (SSSR count). The SMILES string of the molecule is NC(N[C@@H](Cc1ccccc1)C(=O)O)C(=O)OCC1c2ccccc2-c2ccccc21. The van der Waals surface area contributed by atoms with Gasteiger partial charge in [0.15, 0.2) is 6.17 Å². The van der Waals surface area contributed by atoms with E-state index in [4.69, 9.17) is 10.5 Å². The van der Waals surface area contributed by atoms with Crippen LogP contribution in [-0.4, -0.2) is 35.9 Å². The topological polar surface area (TPSA) is 102 Å². The Bertz CT molecular complexity index is 1040. The summed E-state index contributed by atoms with van der Waals surface area (Å²) in [5.74, 6) is -1.84. The van der Waals surface area contributed by atoms with Crippen molar-refractivity contribution in [1.29, 1.82) is 0 Å². The highest BCUT2D eigenvalue weighted by atomic mass is 16.5. The van der Waals surface area contributed by atoms with E-state index in [0.717, 1.165) is 27.8 Å². The third-order valence-electron chi connectivity index (χ3n) is 5.57. The number of hydrogen-bond donors (Lipinski definition) is 3. The van der Waals surface area contributed by atoms with Crippen molar-refractivity contribution in [2.24, 2.45) is 5.73 Å². The van der Waals surface area contributed by atoms with Crippen molar-refractivity contribution in [3.8, 4) is 11.1 Å². The van der Waals surface area contributed by atoms with Crippen molar-refractivity contribution in [2.45, 2.75) is 24.5 Å². The van der Waals surface area contributed by atoms with E-state index in [9.17, 15) is 14.7 Å². The minimum Gasteiger partial charge on any atom is -0.480 e. The Morgan fingerprint density at radius 2 is 1.45 bits per heavy atom. The van der Waals surface area contributed by atoms with Gasteiger partial charge in [0.2, 0.25) is 0 Å². The second kappa shape index (κ2) is 9.12. The average molecular weight is 416 g/mol. The van der Waals surface area contributed by atoms with E-state index in [1.54, 1.807) is 0 Å². The molecule has 0 amide bonds. The first kappa shape index (κ1) is 20.8. The number of carbonyl (C=O) groups is 2. The molecule has 0 heterocycles. The lowest BCUT2D eigenvalue weighted by Gasteiger charge is -2.20. The molecule has 31 heavy (non-hydrogen) atoms. The van der Waals surface area contributed by atoms with Crippen LogP contribution in [-0.2, 0) is 20.7 Å². The van der Waals surface area contributed by atoms with Crippen LogP contribution in [0.2, 0.25) is 0 Å². The molecular formula is C25H24N2O4. The lowest BCUT2D eigenvalue weighted by molar-refractivity contribution is -0.147. The molecule has 0 bridgehead atoms. The van der Waals surface area contributed by atoms with Gasteiger partial charge in [-0.3, -0.25) is 10.1 Å². The third-order valence-corrected chi connectivity index (χ3v) is 5.57. The summed E-state index contributed by atoms with van der Waals surface area (Å²) in [7, 11) is 0. The molecule has 6 nitrogen and oxygen atoms in total. The van der Waals surface area contributed by atoms with Gasteiger partial charge in [-0.25, -0.2) is 4.79 Å². The molecule has 0 saturated heterocycles. The standard InChI is InChI=1S/C25H24N2O4/c26-23(27-22(24(28)29)14-16-8-2-1-3-9-16)25(30)31-15-21-19-12-6-4-10-17(19)18-11-5-7-13-20(18)21/h1-13,21-23,27H,14-15,26H2,(H,28,29)/t22-,23?/m0/s1. The van der Waals surface area contributed by atoms with Gasteiger partial charge in [0.05, 0.1) is 0 Å². The van der Waals surface area contributed by atoms with E-state index >= 15 is 0 Å². The summed E-state index contributed by atoms with van der Waals surface area (Å²) in [6.07, 6.45) is -1.03. The van der Waals surface area contributed by atoms with E-state index in [2.05, 4.69) is 17.4 Å². The zero-order chi connectivity index (χ0) is 21.8. The van der Waals surface area contributed by atoms with Gasteiger partial charge in [-0.1, -0.05) is 78.9 Å². The van der Waals surface area contributed by atoms with Crippen molar-refractivity contribution in [3.05, 3.63) is 95.6 Å². The van der Waals surface area contributed by atoms with Gasteiger partial charge >= 0.3 is 11.9 Å². The molecule has 3 aromatic carbocycles. The zero-order valence-corrected chi connectivity index (χ0v) is 16.9. The summed E-state index contributed by atoms with van der Waals surface area (Å²) < 4.78 is 5.51. The highest BCUT2D eigenvalue weighted by Gasteiger charge is 2.30. The quantitative estimate of drug-likeness (QED) is 0.386. The van der Waals surface area contributed by atoms with E-state index in [-0.39, 0.29) is 18.9 Å². The Morgan fingerprint density at radius 3 is 2.03 bits per heavy atom. The van der Waals surface area contributed by atoms with Crippen molar-refractivity contribution in [3.63, 3.8) is 0 Å². The molecule has 0 aliphatic heterocycles. The Labute approximate surface area is 180 Å². The number of rotatable bonds is 8. The highest BCUT2D eigenvalue weighted by Crippen LogP contribution is 2.44. The minimum atomic E-state index is -1.24. The van der Waals surface area contributed by atoms with Crippen LogP contribution in [0.15, 0.2) is 78.9 Å². The van der Waals surface area contributed by atoms with Crippen molar-refractivity contribution >= 4 is 11.9 Å². The monoisotopic (exact) mass is 416 g/mol. The predicted octanol–water partition coefficient (Wildman–Crippen LogP) is 2.91. The minimum absolute atomic E-state index is 0.0804. The van der Waals surface area contributed by atoms with Gasteiger partial charge in [0.1, 0.15) is 12.6 Å². The molecule has 1 aliphatic rings. The first-order chi connectivity index (χ1) is 15.0. The lowest BCUT2D eigenvalue weighted by Crippen LogP contribution is -2.53. The van der Waals surface area contributed by atoms with Crippen LogP contribution in [0.1, 0.15) is 22.6 Å². The Morgan fingerprint density at radius 1 is 0.903 bits per heavy atom. The normalized spacial score (nSPS) is 14.4. The molecule has 2 atom stereocenters. The van der Waals surface area contributed by atoms with E-state index in [1.165, 1.54) is 0 Å². The summed E-state index contributed by atoms with van der Waals surface area (Å²) >= 11 is 0. The fourth-order valence-electron chi connectivity index (χ4n) is 4.05. The maximum absolute atomic E-state index is 12.5. The van der Waals surface area contributed by atoms with E-state index < -0.39 is 24.1 Å². The molecule has 0 fully saturated rings. The maximum atomic E-state index is 12.5. The molecule has 0 saturated carbocycles. The molecule has 0 aromatic heterocycles. The molecular weight excluding hydrogens is 392 g/mol. The van der Waals surface area contributed by atoms with Crippen molar-refractivity contribution in [2.75, 3.05) is 6.61 Å². The van der Waals surface area contributed by atoms with Crippen molar-refractivity contribution < 1.29 is 19.4 Å². The number of nitrogens with two attached hydrogens (primary N) is 1. The molecule has 1 unspecified atom stereocenters. The third kappa shape index (κ3) is 4.50. The van der Waals surface area contributed by atoms with Crippen LogP contribution in [0.5, 0.6) is 0 Å². The van der Waals surface area contributed by atoms with Crippen molar-refractivity contribution in [1.82, 2.24) is 5.32 Å². The van der Waals surface area contributed by atoms with Gasteiger partial charge in [-0.2, -0.15) is 0 Å². The maximum Gasteiger partial charge on any atom is 0.337 e. The molecule has 158 valence electrons. The predicted molar refractivity (Wildman–Crippen MR) is 117 cm³/mol. The molecule has 4 N–H and O–H groups in total. The smallest absolute Gasteiger partial charge is 0.337 e. The number of esters is 1. The fourth-order valence-corrected chi connectivity index (χ4v) is 4.05. The second-order valence-electron chi connectivity index (χ2n) is 7.58. The van der Waals surface area contributed by atoms with Crippen LogP contribution >= 0.6 is 0 Å². The van der Waals surface area contributed by atoms with E-state index in [1.807, 2.05) is 66.7 Å². The molecule has 0 spiro atoms. The Hall–Kier alpha value is -3.48. The van der Waals surface area contributed by atoms with Crippen LogP contribution < -0.4 is 11.1 Å². The number of benzene rings is 3. The molecule has 0 radical (unpaired) electrons. The van der Waals surface area contributed by atoms with Crippen LogP contribution in [0.3, 0.4) is 0 Å². The number of ether oxygens (including phenoxy) is 1. The number of fused-ring (bicyclic) bond motifs is 3. The van der Waals surface area contributed by atoms with E-state index in [0.29, 0.717) is 0 Å². The number of carboxylic acids is 1. The lowest BCUT2D eigenvalue weighted by atomic mass is 9.98. The van der Waals surface area contributed by atoms with Crippen LogP contribution in [0, 0.1) is 0 Å². The summed E-state index contributed by atoms with van der Waals surface area (Å²) in [5, 5.41) is 12.2. The number of hydrogen-bond acceptors (Lipinski definition) is 5. The highest BCUT2D eigenvalue weighted by molar-refractivity contribution is 5.80. The zero-order valence-electron chi connectivity index (χ0n) is 16.9. The fraction of sp³-hybridized carbons (Fsp3) is 0.200.